The summed E-state index contributed by atoms with van der Waals surface area (Å²) in [5.41, 5.74) is -0.458. The first kappa shape index (κ1) is 13.3. The number of benzene rings is 1. The molecule has 0 heterocycles. The number of hydrogen-bond donors (Lipinski definition) is 4. The van der Waals surface area contributed by atoms with Crippen molar-refractivity contribution in [2.45, 2.75) is 6.92 Å². The van der Waals surface area contributed by atoms with Crippen LogP contribution in [0.25, 0.3) is 0 Å². The average molecular weight is 300 g/mol. The van der Waals surface area contributed by atoms with E-state index in [1.807, 2.05) is 0 Å². The van der Waals surface area contributed by atoms with Gasteiger partial charge in [0.05, 0.1) is 0 Å². The number of carbonyl (C=O) groups is 1. The van der Waals surface area contributed by atoms with Crippen molar-refractivity contribution < 1.29 is 21.8 Å². The van der Waals surface area contributed by atoms with Gasteiger partial charge in [-0.25, -0.2) is 0 Å². The monoisotopic (exact) mass is 300 g/mol. The van der Waals surface area contributed by atoms with Crippen LogP contribution in [0.4, 0.5) is 5.69 Å². The molecule has 0 saturated heterocycles. The van der Waals surface area contributed by atoms with Crippen LogP contribution in [0.15, 0.2) is 12.1 Å². The Balaban J connectivity index is 3.54. The van der Waals surface area contributed by atoms with Gasteiger partial charge in [0.1, 0.15) is 0 Å². The Kier molecular flexibility index (Phi) is 3.63. The molecule has 0 aliphatic heterocycles. The van der Waals surface area contributed by atoms with Gasteiger partial charge < -0.3 is 0 Å². The van der Waals surface area contributed by atoms with E-state index in [0.717, 1.165) is 19.1 Å². The van der Waals surface area contributed by atoms with Gasteiger partial charge in [-0.2, -0.15) is 0 Å². The van der Waals surface area contributed by atoms with E-state index in [1.54, 1.807) is 6.07 Å². The molecule has 0 bridgehead atoms. The Labute approximate surface area is 99.3 Å². The van der Waals surface area contributed by atoms with Crippen molar-refractivity contribution >= 4 is 30.1 Å². The first-order valence-corrected chi connectivity index (χ1v) is 7.75. The average Bonchev–Trinajstić information content (AvgIpc) is 2.14. The zero-order valence-corrected chi connectivity index (χ0v) is 10.6. The molecule has 0 radical (unpaired) electrons. The van der Waals surface area contributed by atoms with Crippen molar-refractivity contribution in [1.29, 1.82) is 5.26 Å². The second-order valence-electron chi connectivity index (χ2n) is 3.19. The van der Waals surface area contributed by atoms with Crippen LogP contribution in [-0.4, -0.2) is 33.4 Å². The van der Waals surface area contributed by atoms with Crippen LogP contribution in [0, 0.1) is 11.3 Å². The summed E-state index contributed by atoms with van der Waals surface area (Å²) in [5, 5.41) is 20.4. The van der Waals surface area contributed by atoms with Gasteiger partial charge in [0.15, 0.2) is 0 Å². The summed E-state index contributed by atoms with van der Waals surface area (Å²) in [4.78, 5) is 10.9. The normalized spacial score (nSPS) is 10.7. The second-order valence-corrected chi connectivity index (χ2v) is 6.42. The molecule has 0 spiro atoms. The summed E-state index contributed by atoms with van der Waals surface area (Å²) in [5.74, 6) is -1.34. The van der Waals surface area contributed by atoms with Crippen LogP contribution < -0.4 is 9.67 Å². The second kappa shape index (κ2) is 4.63. The summed E-state index contributed by atoms with van der Waals surface area (Å²) in [6.07, 6.45) is 0. The van der Waals surface area contributed by atoms with Crippen molar-refractivity contribution in [3.63, 3.8) is 0 Å². The van der Waals surface area contributed by atoms with Crippen LogP contribution >= 0.6 is 0 Å². The molecule has 17 heavy (non-hydrogen) atoms. The fourth-order valence-electron chi connectivity index (χ4n) is 1.26. The summed E-state index contributed by atoms with van der Waals surface area (Å²) in [6.45, 7) is 1.16. The molecular formula is C9H9AsN2O5. The van der Waals surface area contributed by atoms with Gasteiger partial charge in [-0.15, -0.1) is 0 Å². The fraction of sp³-hybridized carbons (Fsp3) is 0.111. The Morgan fingerprint density at radius 3 is 2.47 bits per heavy atom. The van der Waals surface area contributed by atoms with Crippen LogP contribution in [0.2, 0.25) is 0 Å². The molecule has 0 aromatic heterocycles. The molecule has 0 aliphatic rings. The van der Waals surface area contributed by atoms with Crippen molar-refractivity contribution in [1.82, 2.24) is 0 Å². The molecule has 0 atom stereocenters. The van der Waals surface area contributed by atoms with Crippen LogP contribution in [0.1, 0.15) is 12.5 Å². The number of aromatic hydroxyl groups is 1. The molecule has 4 N–H and O–H groups in total. The predicted molar refractivity (Wildman–Crippen MR) is 57.6 cm³/mol. The number of phenols is 1. The number of hydrogen-bond acceptors (Lipinski definition) is 4. The van der Waals surface area contributed by atoms with E-state index in [4.69, 9.17) is 13.5 Å². The molecule has 1 rings (SSSR count). The predicted octanol–water partition coefficient (Wildman–Crippen LogP) is -1.22. The first-order valence-electron chi connectivity index (χ1n) is 4.37. The Hall–Kier alpha value is -1.74. The van der Waals surface area contributed by atoms with Gasteiger partial charge in [0, 0.05) is 0 Å². The number of rotatable bonds is 2. The fourth-order valence-corrected chi connectivity index (χ4v) is 3.02. The van der Waals surface area contributed by atoms with E-state index in [2.05, 4.69) is 5.32 Å². The minimum atomic E-state index is -5.46. The number of nitrogens with one attached hydrogen (secondary N) is 1. The van der Waals surface area contributed by atoms with Crippen molar-refractivity contribution in [3.8, 4) is 11.8 Å². The van der Waals surface area contributed by atoms with Gasteiger partial charge in [-0.3, -0.25) is 0 Å². The Bertz CT molecular complexity index is 557. The van der Waals surface area contributed by atoms with E-state index >= 15 is 0 Å². The third-order valence-corrected chi connectivity index (χ3v) is 4.05. The number of carbonyl (C=O) groups excluding carboxylic acids is 1. The van der Waals surface area contributed by atoms with E-state index in [1.165, 1.54) is 0 Å². The van der Waals surface area contributed by atoms with Crippen LogP contribution in [0.3, 0.4) is 0 Å². The molecule has 1 amide bonds. The molecule has 90 valence electrons. The van der Waals surface area contributed by atoms with E-state index in [-0.39, 0.29) is 11.3 Å². The molecule has 1 aromatic carbocycles. The summed E-state index contributed by atoms with van der Waals surface area (Å²) >= 11 is -5.46. The van der Waals surface area contributed by atoms with Gasteiger partial charge in [-0.1, -0.05) is 0 Å². The molecule has 7 nitrogen and oxygen atoms in total. The number of amides is 1. The summed E-state index contributed by atoms with van der Waals surface area (Å²) in [7, 11) is 0. The number of nitrogens with zero attached hydrogens (tertiary/aromatic N) is 1. The van der Waals surface area contributed by atoms with E-state index in [9.17, 15) is 13.6 Å². The van der Waals surface area contributed by atoms with Gasteiger partial charge in [0.25, 0.3) is 0 Å². The van der Waals surface area contributed by atoms with E-state index in [0.29, 0.717) is 0 Å². The molecule has 8 heteroatoms. The van der Waals surface area contributed by atoms with Crippen LogP contribution in [-0.2, 0) is 8.53 Å². The number of nitriles is 1. The molecule has 0 fully saturated rings. The maximum absolute atomic E-state index is 11.3. The Morgan fingerprint density at radius 2 is 2.06 bits per heavy atom. The van der Waals surface area contributed by atoms with Gasteiger partial charge in [-0.05, 0) is 0 Å². The van der Waals surface area contributed by atoms with Crippen LogP contribution in [0.5, 0.6) is 5.75 Å². The summed E-state index contributed by atoms with van der Waals surface area (Å²) < 4.78 is 28.8. The van der Waals surface area contributed by atoms with E-state index < -0.39 is 30.2 Å². The molecule has 0 saturated carbocycles. The third kappa shape index (κ3) is 2.88. The zero-order chi connectivity index (χ0) is 13.2. The van der Waals surface area contributed by atoms with Gasteiger partial charge in [0.2, 0.25) is 0 Å². The molecule has 0 unspecified atom stereocenters. The first-order chi connectivity index (χ1) is 7.77. The minimum absolute atomic E-state index is 0.193. The summed E-state index contributed by atoms with van der Waals surface area (Å²) in [6, 6.07) is 3.92. The SMILES string of the molecule is CC(=O)Nc1ccc(C#N)c(O)c1[As](=O)(O)O. The quantitative estimate of drug-likeness (QED) is 0.507. The van der Waals surface area contributed by atoms with Crippen molar-refractivity contribution in [3.05, 3.63) is 17.7 Å². The Morgan fingerprint density at radius 1 is 1.47 bits per heavy atom. The van der Waals surface area contributed by atoms with Crippen molar-refractivity contribution in [2.75, 3.05) is 5.32 Å². The standard InChI is InChI=1S/C9H9AsN2O5/c1-5(13)12-7-3-2-6(4-11)9(14)8(7)10(15,16)17/h2-3,14H,1H3,(H,12,13)(H2,15,16,17). The third-order valence-electron chi connectivity index (χ3n) is 1.87. The molecular weight excluding hydrogens is 291 g/mol. The number of anilines is 1. The van der Waals surface area contributed by atoms with Crippen molar-refractivity contribution in [2.24, 2.45) is 0 Å². The number of phenolic OH excluding ortho intramolecular Hbond substituents is 1. The molecule has 0 aliphatic carbocycles. The topological polar surface area (TPSA) is 131 Å². The maximum atomic E-state index is 11.3. The molecule has 1 aromatic rings. The zero-order valence-electron chi connectivity index (χ0n) is 8.71. The van der Waals surface area contributed by atoms with Gasteiger partial charge >= 0.3 is 99.0 Å².